The summed E-state index contributed by atoms with van der Waals surface area (Å²) in [5.74, 6) is -1.51. The lowest BCUT2D eigenvalue weighted by Gasteiger charge is -2.15. The first-order valence-corrected chi connectivity index (χ1v) is 11.9. The number of benzene rings is 2. The molecule has 0 atom stereocenters. The van der Waals surface area contributed by atoms with E-state index >= 15 is 0 Å². The third-order valence-corrected chi connectivity index (χ3v) is 6.56. The van der Waals surface area contributed by atoms with Gasteiger partial charge in [0.25, 0.3) is 0 Å². The molecule has 11 heteroatoms. The Kier molecular flexibility index (Phi) is 7.67. The number of sulfonamides is 1. The molecule has 0 unspecified atom stereocenters. The molecule has 2 aromatic carbocycles. The lowest BCUT2D eigenvalue weighted by atomic mass is 10.1. The Labute approximate surface area is 196 Å². The van der Waals surface area contributed by atoms with Gasteiger partial charge in [-0.1, -0.05) is 0 Å². The number of primary amides is 1. The van der Waals surface area contributed by atoms with E-state index in [4.69, 9.17) is 5.73 Å². The summed E-state index contributed by atoms with van der Waals surface area (Å²) < 4.78 is 53.5. The van der Waals surface area contributed by atoms with Crippen LogP contribution in [-0.2, 0) is 27.8 Å². The molecule has 0 fully saturated rings. The number of pyridine rings is 1. The minimum Gasteiger partial charge on any atom is -0.381 e. The fourth-order valence-electron chi connectivity index (χ4n) is 3.01. The number of aromatic nitrogens is 1. The lowest BCUT2D eigenvalue weighted by molar-refractivity contribution is -0.117. The molecule has 1 heterocycles. The molecule has 0 aliphatic rings. The summed E-state index contributed by atoms with van der Waals surface area (Å²) in [6, 6.07) is 11.4. The minimum atomic E-state index is -3.45. The highest BCUT2D eigenvalue weighted by molar-refractivity contribution is 7.93. The van der Waals surface area contributed by atoms with Gasteiger partial charge in [0.05, 0.1) is 11.7 Å². The largest absolute Gasteiger partial charge is 0.381 e. The van der Waals surface area contributed by atoms with Crippen molar-refractivity contribution in [3.8, 4) is 0 Å². The minimum absolute atomic E-state index is 0.0716. The summed E-state index contributed by atoms with van der Waals surface area (Å²) in [4.78, 5) is 15.7. The van der Waals surface area contributed by atoms with Gasteiger partial charge in [0.1, 0.15) is 17.5 Å². The van der Waals surface area contributed by atoms with Crippen LogP contribution in [0.1, 0.15) is 25.0 Å². The quantitative estimate of drug-likeness (QED) is 0.342. The van der Waals surface area contributed by atoms with E-state index in [0.29, 0.717) is 34.0 Å². The summed E-state index contributed by atoms with van der Waals surface area (Å²) >= 11 is 0. The van der Waals surface area contributed by atoms with Crippen molar-refractivity contribution in [3.05, 3.63) is 77.5 Å². The number of carbonyl (C=O) groups excluding carboxylic acids is 1. The second kappa shape index (κ2) is 10.5. The van der Waals surface area contributed by atoms with Gasteiger partial charge in [0.15, 0.2) is 0 Å². The van der Waals surface area contributed by atoms with Gasteiger partial charge in [-0.2, -0.15) is 0 Å². The zero-order valence-corrected chi connectivity index (χ0v) is 19.4. The van der Waals surface area contributed by atoms with Crippen LogP contribution in [0.4, 0.5) is 31.7 Å². The first-order chi connectivity index (χ1) is 16.0. The molecule has 0 saturated carbocycles. The number of carbonyl (C=O) groups is 1. The number of hydrogen-bond acceptors (Lipinski definition) is 6. The molecule has 0 saturated heterocycles. The Morgan fingerprint density at radius 1 is 1.03 bits per heavy atom. The predicted octanol–water partition coefficient (Wildman–Crippen LogP) is 3.89. The molecule has 5 N–H and O–H groups in total. The first-order valence-electron chi connectivity index (χ1n) is 10.4. The van der Waals surface area contributed by atoms with Crippen LogP contribution in [0.5, 0.6) is 0 Å². The second-order valence-electron chi connectivity index (χ2n) is 7.90. The normalized spacial score (nSPS) is 11.3. The number of hydrogen-bond donors (Lipinski definition) is 4. The fourth-order valence-corrected chi connectivity index (χ4v) is 3.71. The molecule has 3 rings (SSSR count). The summed E-state index contributed by atoms with van der Waals surface area (Å²) in [7, 11) is -3.45. The zero-order valence-electron chi connectivity index (χ0n) is 18.6. The maximum atomic E-state index is 13.5. The molecule has 34 heavy (non-hydrogen) atoms. The first kappa shape index (κ1) is 24.9. The van der Waals surface area contributed by atoms with Gasteiger partial charge >= 0.3 is 0 Å². The highest BCUT2D eigenvalue weighted by atomic mass is 32.2. The van der Waals surface area contributed by atoms with Crippen LogP contribution in [0, 0.1) is 11.6 Å². The van der Waals surface area contributed by atoms with Gasteiger partial charge in [-0.05, 0) is 55.8 Å². The molecule has 0 aliphatic carbocycles. The third-order valence-electron chi connectivity index (χ3n) is 4.79. The molecule has 1 amide bonds. The van der Waals surface area contributed by atoms with Crippen LogP contribution in [0.2, 0.25) is 0 Å². The van der Waals surface area contributed by atoms with Crippen molar-refractivity contribution in [2.75, 3.05) is 15.4 Å². The van der Waals surface area contributed by atoms with Crippen molar-refractivity contribution >= 4 is 38.8 Å². The van der Waals surface area contributed by atoms with Crippen molar-refractivity contribution in [3.63, 3.8) is 0 Å². The smallest absolute Gasteiger partial charge is 0.235 e. The van der Waals surface area contributed by atoms with E-state index < -0.39 is 32.8 Å². The number of nitrogens with zero attached hydrogens (tertiary/aromatic N) is 1. The average Bonchev–Trinajstić information content (AvgIpc) is 2.74. The predicted molar refractivity (Wildman–Crippen MR) is 128 cm³/mol. The van der Waals surface area contributed by atoms with E-state index in [-0.39, 0.29) is 13.0 Å². The second-order valence-corrected chi connectivity index (χ2v) is 10.1. The molecular formula is C23H25F2N5O3S. The van der Waals surface area contributed by atoms with Crippen LogP contribution in [0.15, 0.2) is 54.7 Å². The molecule has 1 aromatic heterocycles. The maximum Gasteiger partial charge on any atom is 0.235 e. The molecule has 3 aromatic rings. The fraction of sp³-hybridized carbons (Fsp3) is 0.217. The van der Waals surface area contributed by atoms with Crippen molar-refractivity contribution < 1.29 is 22.0 Å². The Hall–Kier alpha value is -3.73. The number of nitrogens with two attached hydrogens (primary N) is 1. The molecule has 180 valence electrons. The molecule has 0 spiro atoms. The Morgan fingerprint density at radius 2 is 1.65 bits per heavy atom. The van der Waals surface area contributed by atoms with E-state index in [2.05, 4.69) is 20.3 Å². The highest BCUT2D eigenvalue weighted by Gasteiger charge is 2.15. The van der Waals surface area contributed by atoms with E-state index in [1.54, 1.807) is 44.2 Å². The summed E-state index contributed by atoms with van der Waals surface area (Å²) in [6.07, 6.45) is 1.41. The van der Waals surface area contributed by atoms with Crippen molar-refractivity contribution in [1.29, 1.82) is 0 Å². The van der Waals surface area contributed by atoms with Gasteiger partial charge < -0.3 is 16.4 Å². The van der Waals surface area contributed by atoms with Crippen LogP contribution >= 0.6 is 0 Å². The van der Waals surface area contributed by atoms with Gasteiger partial charge in [0.2, 0.25) is 15.9 Å². The number of rotatable bonds is 10. The molecule has 0 bridgehead atoms. The van der Waals surface area contributed by atoms with Gasteiger partial charge in [-0.3, -0.25) is 9.52 Å². The van der Waals surface area contributed by atoms with Gasteiger partial charge in [0, 0.05) is 47.5 Å². The standard InChI is InChI=1S/C23H25F2N5O3S/c1-14(2)34(32,33)30-20-5-3-19(4-6-20)29-23-11-21(16(13-28-23)9-22(26)31)27-12-15-7-17(24)10-18(25)8-15/h3-8,10-11,13-14,30H,9,12H2,1-2H3,(H2,26,31)(H2,27,28,29). The monoisotopic (exact) mass is 489 g/mol. The summed E-state index contributed by atoms with van der Waals surface area (Å²) in [6.45, 7) is 3.28. The van der Waals surface area contributed by atoms with E-state index in [1.165, 1.54) is 18.3 Å². The number of halogens is 2. The number of amides is 1. The molecule has 0 radical (unpaired) electrons. The highest BCUT2D eigenvalue weighted by Crippen LogP contribution is 2.24. The van der Waals surface area contributed by atoms with E-state index in [1.807, 2.05) is 0 Å². The average molecular weight is 490 g/mol. The van der Waals surface area contributed by atoms with Crippen molar-refractivity contribution in [2.45, 2.75) is 32.1 Å². The molecular weight excluding hydrogens is 464 g/mol. The SMILES string of the molecule is CC(C)S(=O)(=O)Nc1ccc(Nc2cc(NCc3cc(F)cc(F)c3)c(CC(N)=O)cn2)cc1. The lowest BCUT2D eigenvalue weighted by Crippen LogP contribution is -2.22. The van der Waals surface area contributed by atoms with Crippen molar-refractivity contribution in [2.24, 2.45) is 5.73 Å². The summed E-state index contributed by atoms with van der Waals surface area (Å²) in [5, 5.41) is 5.59. The van der Waals surface area contributed by atoms with Crippen LogP contribution < -0.4 is 21.1 Å². The van der Waals surface area contributed by atoms with E-state index in [0.717, 1.165) is 6.07 Å². The third kappa shape index (κ3) is 6.88. The maximum absolute atomic E-state index is 13.5. The van der Waals surface area contributed by atoms with Gasteiger partial charge in [-0.15, -0.1) is 0 Å². The number of nitrogens with one attached hydrogen (secondary N) is 3. The van der Waals surface area contributed by atoms with Crippen LogP contribution in [0.25, 0.3) is 0 Å². The number of anilines is 4. The van der Waals surface area contributed by atoms with Crippen LogP contribution in [0.3, 0.4) is 0 Å². The molecule has 8 nitrogen and oxygen atoms in total. The van der Waals surface area contributed by atoms with Crippen molar-refractivity contribution in [1.82, 2.24) is 4.98 Å². The van der Waals surface area contributed by atoms with Crippen LogP contribution in [-0.4, -0.2) is 24.6 Å². The van der Waals surface area contributed by atoms with Gasteiger partial charge in [-0.25, -0.2) is 22.2 Å². The van der Waals surface area contributed by atoms with E-state index in [9.17, 15) is 22.0 Å². The Bertz CT molecular complexity index is 1260. The Morgan fingerprint density at radius 3 is 2.24 bits per heavy atom. The Balaban J connectivity index is 1.77. The zero-order chi connectivity index (χ0) is 24.9. The topological polar surface area (TPSA) is 126 Å². The molecule has 0 aliphatic heterocycles. The summed E-state index contributed by atoms with van der Waals surface area (Å²) in [5.41, 5.74) is 7.81.